The monoisotopic (exact) mass is 239 g/mol. The first-order chi connectivity index (χ1) is 8.76. The molecule has 0 saturated carbocycles. The van der Waals surface area contributed by atoms with Gasteiger partial charge in [-0.1, -0.05) is 0 Å². The lowest BCUT2D eigenvalue weighted by molar-refractivity contribution is 0.556. The van der Waals surface area contributed by atoms with Crippen molar-refractivity contribution in [1.82, 2.24) is 14.5 Å². The maximum Gasteiger partial charge on any atom is 0.130 e. The average molecular weight is 239 g/mol. The molecule has 2 aromatic rings. The summed E-state index contributed by atoms with van der Waals surface area (Å²) in [6.07, 6.45) is 3.82. The van der Waals surface area contributed by atoms with E-state index in [9.17, 15) is 0 Å². The summed E-state index contributed by atoms with van der Waals surface area (Å²) in [7, 11) is 0. The van der Waals surface area contributed by atoms with Crippen molar-refractivity contribution in [2.45, 2.75) is 20.0 Å². The van der Waals surface area contributed by atoms with E-state index in [2.05, 4.69) is 25.5 Å². The summed E-state index contributed by atoms with van der Waals surface area (Å²) in [5, 5.41) is 9.00. The van der Waals surface area contributed by atoms with Gasteiger partial charge in [0.1, 0.15) is 11.6 Å². The topological polar surface area (TPSA) is 57.7 Å². The Kier molecular flexibility index (Phi) is 2.49. The first kappa shape index (κ1) is 10.8. The molecule has 0 spiro atoms. The Balaban J connectivity index is 1.93. The van der Waals surface area contributed by atoms with Gasteiger partial charge in [-0.05, 0) is 19.1 Å². The Morgan fingerprint density at radius 1 is 1.33 bits per heavy atom. The fourth-order valence-corrected chi connectivity index (χ4v) is 2.25. The van der Waals surface area contributed by atoms with Crippen LogP contribution >= 0.6 is 0 Å². The molecule has 0 bridgehead atoms. The molecule has 0 aromatic carbocycles. The third kappa shape index (κ3) is 1.82. The second kappa shape index (κ2) is 4.15. The molecular weight excluding hydrogens is 226 g/mol. The van der Waals surface area contributed by atoms with E-state index < -0.39 is 0 Å². The van der Waals surface area contributed by atoms with Crippen LogP contribution in [0.3, 0.4) is 0 Å². The highest BCUT2D eigenvalue weighted by Crippen LogP contribution is 2.19. The minimum Gasteiger partial charge on any atom is -0.347 e. The molecule has 3 rings (SSSR count). The number of imidazole rings is 1. The van der Waals surface area contributed by atoms with Crippen molar-refractivity contribution in [2.75, 3.05) is 11.4 Å². The number of nitrogens with zero attached hydrogens (tertiary/aromatic N) is 5. The Morgan fingerprint density at radius 2 is 2.22 bits per heavy atom. The minimum absolute atomic E-state index is 0.659. The van der Waals surface area contributed by atoms with E-state index in [4.69, 9.17) is 5.26 Å². The van der Waals surface area contributed by atoms with Crippen LogP contribution in [0.25, 0.3) is 0 Å². The summed E-state index contributed by atoms with van der Waals surface area (Å²) in [6, 6.07) is 5.81. The smallest absolute Gasteiger partial charge is 0.130 e. The first-order valence-corrected chi connectivity index (χ1v) is 5.90. The molecule has 0 N–H and O–H groups in total. The van der Waals surface area contributed by atoms with Crippen molar-refractivity contribution in [3.05, 3.63) is 41.6 Å². The van der Waals surface area contributed by atoms with Gasteiger partial charge in [0.05, 0.1) is 18.2 Å². The quantitative estimate of drug-likeness (QED) is 0.756. The molecule has 3 heterocycles. The summed E-state index contributed by atoms with van der Waals surface area (Å²) >= 11 is 0. The van der Waals surface area contributed by atoms with E-state index in [1.807, 2.05) is 25.4 Å². The summed E-state index contributed by atoms with van der Waals surface area (Å²) in [4.78, 5) is 11.0. The zero-order valence-electron chi connectivity index (χ0n) is 10.2. The Labute approximate surface area is 105 Å². The number of fused-ring (bicyclic) bond motifs is 1. The van der Waals surface area contributed by atoms with Crippen molar-refractivity contribution in [3.8, 4) is 6.07 Å². The minimum atomic E-state index is 0.659. The molecule has 0 aliphatic carbocycles. The van der Waals surface area contributed by atoms with E-state index in [0.717, 1.165) is 37.0 Å². The molecule has 2 aromatic heterocycles. The molecule has 0 radical (unpaired) electrons. The SMILES string of the molecule is Cc1cc(C#N)cc(N2CCn3ccnc3C2)n1. The lowest BCUT2D eigenvalue weighted by atomic mass is 10.2. The van der Waals surface area contributed by atoms with Crippen molar-refractivity contribution < 1.29 is 0 Å². The number of pyridine rings is 1. The summed E-state index contributed by atoms with van der Waals surface area (Å²) in [5.41, 5.74) is 1.53. The van der Waals surface area contributed by atoms with Gasteiger partial charge in [0, 0.05) is 31.2 Å². The average Bonchev–Trinajstić information content (AvgIpc) is 2.85. The van der Waals surface area contributed by atoms with Crippen LogP contribution in [0.15, 0.2) is 24.5 Å². The fraction of sp³-hybridized carbons (Fsp3) is 0.308. The van der Waals surface area contributed by atoms with Gasteiger partial charge in [-0.25, -0.2) is 9.97 Å². The van der Waals surface area contributed by atoms with Gasteiger partial charge in [0.2, 0.25) is 0 Å². The number of hydrogen-bond acceptors (Lipinski definition) is 4. The Morgan fingerprint density at radius 3 is 3.06 bits per heavy atom. The van der Waals surface area contributed by atoms with Gasteiger partial charge in [-0.15, -0.1) is 0 Å². The second-order valence-electron chi connectivity index (χ2n) is 4.43. The molecule has 0 amide bonds. The normalized spacial score (nSPS) is 14.1. The van der Waals surface area contributed by atoms with Crippen molar-refractivity contribution in [1.29, 1.82) is 5.26 Å². The number of aryl methyl sites for hydroxylation is 1. The van der Waals surface area contributed by atoms with E-state index in [1.54, 1.807) is 6.07 Å². The highest BCUT2D eigenvalue weighted by Gasteiger charge is 2.18. The molecule has 0 fully saturated rings. The van der Waals surface area contributed by atoms with Crippen LogP contribution in [0.2, 0.25) is 0 Å². The third-order valence-corrected chi connectivity index (χ3v) is 3.14. The summed E-state index contributed by atoms with van der Waals surface area (Å²) in [5.74, 6) is 1.91. The van der Waals surface area contributed by atoms with Crippen molar-refractivity contribution in [3.63, 3.8) is 0 Å². The third-order valence-electron chi connectivity index (χ3n) is 3.14. The van der Waals surface area contributed by atoms with Crippen LogP contribution in [-0.4, -0.2) is 21.1 Å². The molecule has 1 aliphatic heterocycles. The predicted octanol–water partition coefficient (Wildman–Crippen LogP) is 1.48. The second-order valence-corrected chi connectivity index (χ2v) is 4.43. The van der Waals surface area contributed by atoms with E-state index >= 15 is 0 Å². The lowest BCUT2D eigenvalue weighted by Gasteiger charge is -2.28. The van der Waals surface area contributed by atoms with Crippen LogP contribution in [0.5, 0.6) is 0 Å². The highest BCUT2D eigenvalue weighted by molar-refractivity contribution is 5.47. The van der Waals surface area contributed by atoms with E-state index in [0.29, 0.717) is 5.56 Å². The van der Waals surface area contributed by atoms with E-state index in [1.165, 1.54) is 0 Å². The van der Waals surface area contributed by atoms with Crippen LogP contribution < -0.4 is 4.90 Å². The maximum absolute atomic E-state index is 9.00. The van der Waals surface area contributed by atoms with Crippen LogP contribution in [0, 0.1) is 18.3 Å². The van der Waals surface area contributed by atoms with Gasteiger partial charge in [0.15, 0.2) is 0 Å². The van der Waals surface area contributed by atoms with Crippen LogP contribution in [0.4, 0.5) is 5.82 Å². The molecular formula is C13H13N5. The van der Waals surface area contributed by atoms with Gasteiger partial charge in [-0.3, -0.25) is 0 Å². The number of rotatable bonds is 1. The number of anilines is 1. The zero-order valence-corrected chi connectivity index (χ0v) is 10.2. The molecule has 1 aliphatic rings. The van der Waals surface area contributed by atoms with Crippen molar-refractivity contribution >= 4 is 5.82 Å². The van der Waals surface area contributed by atoms with Gasteiger partial charge >= 0.3 is 0 Å². The number of aromatic nitrogens is 3. The van der Waals surface area contributed by atoms with Gasteiger partial charge in [0.25, 0.3) is 0 Å². The molecule has 0 unspecified atom stereocenters. The van der Waals surface area contributed by atoms with Crippen molar-refractivity contribution in [2.24, 2.45) is 0 Å². The summed E-state index contributed by atoms with van der Waals surface area (Å²) < 4.78 is 2.15. The zero-order chi connectivity index (χ0) is 12.5. The standard InChI is InChI=1S/C13H13N5/c1-10-6-11(8-14)7-12(16-10)18-5-4-17-3-2-15-13(17)9-18/h2-3,6-7H,4-5,9H2,1H3. The molecule has 90 valence electrons. The van der Waals surface area contributed by atoms with Gasteiger partial charge < -0.3 is 9.47 Å². The van der Waals surface area contributed by atoms with E-state index in [-0.39, 0.29) is 0 Å². The molecule has 5 nitrogen and oxygen atoms in total. The fourth-order valence-electron chi connectivity index (χ4n) is 2.25. The van der Waals surface area contributed by atoms with Gasteiger partial charge in [-0.2, -0.15) is 5.26 Å². The number of hydrogen-bond donors (Lipinski definition) is 0. The Hall–Kier alpha value is -2.35. The molecule has 18 heavy (non-hydrogen) atoms. The highest BCUT2D eigenvalue weighted by atomic mass is 15.3. The number of nitriles is 1. The summed E-state index contributed by atoms with van der Waals surface area (Å²) in [6.45, 7) is 4.46. The van der Waals surface area contributed by atoms with Crippen LogP contribution in [-0.2, 0) is 13.1 Å². The molecule has 0 atom stereocenters. The molecule has 0 saturated heterocycles. The predicted molar refractivity (Wildman–Crippen MR) is 67.0 cm³/mol. The lowest BCUT2D eigenvalue weighted by Crippen LogP contribution is -2.34. The Bertz CT molecular complexity index is 623. The largest absolute Gasteiger partial charge is 0.347 e. The maximum atomic E-state index is 9.00. The van der Waals surface area contributed by atoms with Crippen LogP contribution in [0.1, 0.15) is 17.1 Å². The molecule has 5 heteroatoms. The first-order valence-electron chi connectivity index (χ1n) is 5.90.